The molecule has 0 bridgehead atoms. The topological polar surface area (TPSA) is 79.5 Å². The number of hydrogen-bond donors (Lipinski definition) is 1. The molecule has 110 valence electrons. The summed E-state index contributed by atoms with van der Waals surface area (Å²) in [5.41, 5.74) is 0.813. The van der Waals surface area contributed by atoms with Crippen molar-refractivity contribution in [3.05, 3.63) is 27.3 Å². The lowest BCUT2D eigenvalue weighted by atomic mass is 9.88. The molecule has 6 nitrogen and oxygen atoms in total. The van der Waals surface area contributed by atoms with Crippen molar-refractivity contribution >= 4 is 32.9 Å². The van der Waals surface area contributed by atoms with E-state index in [1.165, 1.54) is 11.3 Å². The highest BCUT2D eigenvalue weighted by Gasteiger charge is 2.52. The molecule has 0 spiro atoms. The van der Waals surface area contributed by atoms with Crippen LogP contribution in [-0.4, -0.2) is 33.7 Å². The van der Waals surface area contributed by atoms with Gasteiger partial charge in [0.2, 0.25) is 0 Å². The van der Waals surface area contributed by atoms with E-state index in [0.29, 0.717) is 24.7 Å². The monoisotopic (exact) mass is 305 g/mol. The maximum Gasteiger partial charge on any atom is 0.294 e. The molecule has 1 N–H and O–H groups in total. The number of aromatic nitrogens is 1. The van der Waals surface area contributed by atoms with Gasteiger partial charge in [-0.1, -0.05) is 0 Å². The van der Waals surface area contributed by atoms with E-state index in [2.05, 4.69) is 4.98 Å². The number of rotatable bonds is 3. The average molecular weight is 305 g/mol. The van der Waals surface area contributed by atoms with E-state index in [9.17, 15) is 15.2 Å². The van der Waals surface area contributed by atoms with Gasteiger partial charge in [-0.15, -0.1) is 11.3 Å². The summed E-state index contributed by atoms with van der Waals surface area (Å²) in [6, 6.07) is 3.38. The number of nitro groups is 1. The Bertz CT molecular complexity index is 747. The van der Waals surface area contributed by atoms with Crippen LogP contribution >= 0.6 is 11.3 Å². The Morgan fingerprint density at radius 3 is 2.81 bits per heavy atom. The summed E-state index contributed by atoms with van der Waals surface area (Å²) in [7, 11) is 0. The van der Waals surface area contributed by atoms with Crippen molar-refractivity contribution in [3.8, 4) is 0 Å². The number of aliphatic hydroxyl groups is 1. The average Bonchev–Trinajstić information content (AvgIpc) is 3.16. The molecular formula is C14H15N3O3S. The molecular weight excluding hydrogens is 290 g/mol. The summed E-state index contributed by atoms with van der Waals surface area (Å²) in [6.45, 7) is 2.85. The van der Waals surface area contributed by atoms with Gasteiger partial charge in [-0.3, -0.25) is 10.1 Å². The van der Waals surface area contributed by atoms with Crippen LogP contribution in [0.25, 0.3) is 10.2 Å². The first-order chi connectivity index (χ1) is 9.96. The normalized spacial score (nSPS) is 20.6. The molecule has 0 unspecified atom stereocenters. The van der Waals surface area contributed by atoms with E-state index >= 15 is 0 Å². The largest absolute Gasteiger partial charge is 0.386 e. The molecule has 21 heavy (non-hydrogen) atoms. The molecule has 1 aliphatic carbocycles. The Balaban J connectivity index is 1.73. The number of thiazole rings is 1. The second-order valence-electron chi connectivity index (χ2n) is 6.03. The van der Waals surface area contributed by atoms with Crippen LogP contribution < -0.4 is 4.90 Å². The molecule has 1 saturated carbocycles. The van der Waals surface area contributed by atoms with Gasteiger partial charge >= 0.3 is 0 Å². The van der Waals surface area contributed by atoms with Gasteiger partial charge in [-0.2, -0.15) is 0 Å². The standard InChI is InChI=1S/C14H15N3O3S/c1-8-15-10-4-11(12(17(19)20)5-13(10)21-8)16-6-14(18,7-16)9-2-3-9/h4-5,9,18H,2-3,6-7H2,1H3. The van der Waals surface area contributed by atoms with E-state index in [0.717, 1.165) is 28.1 Å². The minimum absolute atomic E-state index is 0.101. The first-order valence-corrected chi connectivity index (χ1v) is 7.81. The van der Waals surface area contributed by atoms with Gasteiger partial charge in [0.1, 0.15) is 11.3 Å². The first-order valence-electron chi connectivity index (χ1n) is 6.99. The quantitative estimate of drug-likeness (QED) is 0.696. The van der Waals surface area contributed by atoms with Crippen molar-refractivity contribution in [2.75, 3.05) is 18.0 Å². The van der Waals surface area contributed by atoms with Crippen molar-refractivity contribution in [1.29, 1.82) is 0 Å². The molecule has 2 fully saturated rings. The third-order valence-corrected chi connectivity index (χ3v) is 5.33. The number of hydrogen-bond acceptors (Lipinski definition) is 6. The van der Waals surface area contributed by atoms with Crippen molar-refractivity contribution in [3.63, 3.8) is 0 Å². The molecule has 2 heterocycles. The Labute approximate surface area is 125 Å². The third kappa shape index (κ3) is 1.99. The number of nitro benzene ring substituents is 1. The van der Waals surface area contributed by atoms with Gasteiger partial charge in [-0.25, -0.2) is 4.98 Å². The SMILES string of the molecule is Cc1nc2cc(N3CC(O)(C4CC4)C3)c([N+](=O)[O-])cc2s1. The number of aryl methyl sites for hydroxylation is 1. The molecule has 2 aliphatic rings. The van der Waals surface area contributed by atoms with Crippen molar-refractivity contribution < 1.29 is 10.0 Å². The van der Waals surface area contributed by atoms with Gasteiger partial charge in [0.25, 0.3) is 5.69 Å². The summed E-state index contributed by atoms with van der Waals surface area (Å²) in [6.07, 6.45) is 2.13. The lowest BCUT2D eigenvalue weighted by molar-refractivity contribution is -0.384. The van der Waals surface area contributed by atoms with Crippen LogP contribution in [0.2, 0.25) is 0 Å². The molecule has 4 rings (SSSR count). The Kier molecular flexibility index (Phi) is 2.56. The second-order valence-corrected chi connectivity index (χ2v) is 7.27. The maximum atomic E-state index is 11.3. The van der Waals surface area contributed by atoms with Crippen LogP contribution in [0.1, 0.15) is 17.8 Å². The fourth-order valence-electron chi connectivity index (χ4n) is 3.13. The zero-order chi connectivity index (χ0) is 14.8. The fourth-order valence-corrected chi connectivity index (χ4v) is 3.97. The van der Waals surface area contributed by atoms with Crippen LogP contribution in [0.5, 0.6) is 0 Å². The summed E-state index contributed by atoms with van der Waals surface area (Å²) in [5.74, 6) is 0.373. The number of nitrogens with zero attached hydrogens (tertiary/aromatic N) is 3. The summed E-state index contributed by atoms with van der Waals surface area (Å²) >= 11 is 1.46. The van der Waals surface area contributed by atoms with E-state index in [4.69, 9.17) is 0 Å². The van der Waals surface area contributed by atoms with E-state index in [-0.39, 0.29) is 10.6 Å². The zero-order valence-electron chi connectivity index (χ0n) is 11.6. The number of β-amino-alcohol motifs (C(OH)–C–C–N with tert-alkyl or cyclic N) is 1. The Hall–Kier alpha value is -1.73. The number of benzene rings is 1. The fraction of sp³-hybridized carbons (Fsp3) is 0.500. The predicted molar refractivity (Wildman–Crippen MR) is 80.9 cm³/mol. The number of anilines is 1. The van der Waals surface area contributed by atoms with Crippen LogP contribution in [-0.2, 0) is 0 Å². The minimum Gasteiger partial charge on any atom is -0.386 e. The highest BCUT2D eigenvalue weighted by molar-refractivity contribution is 7.18. The Morgan fingerprint density at radius 1 is 1.48 bits per heavy atom. The molecule has 0 radical (unpaired) electrons. The molecule has 0 amide bonds. The second kappa shape index (κ2) is 4.14. The summed E-state index contributed by atoms with van der Waals surface area (Å²) in [5, 5.41) is 22.6. The van der Waals surface area contributed by atoms with Crippen molar-refractivity contribution in [2.24, 2.45) is 5.92 Å². The van der Waals surface area contributed by atoms with Crippen molar-refractivity contribution in [1.82, 2.24) is 4.98 Å². The molecule has 1 saturated heterocycles. The predicted octanol–water partition coefficient (Wildman–Crippen LogP) is 2.47. The number of fused-ring (bicyclic) bond motifs is 1. The maximum absolute atomic E-state index is 11.3. The highest BCUT2D eigenvalue weighted by Crippen LogP contribution is 2.47. The van der Waals surface area contributed by atoms with E-state index in [1.54, 1.807) is 12.1 Å². The summed E-state index contributed by atoms with van der Waals surface area (Å²) < 4.78 is 0.834. The van der Waals surface area contributed by atoms with Gasteiger partial charge in [0.05, 0.1) is 20.1 Å². The van der Waals surface area contributed by atoms with Crippen LogP contribution in [0.15, 0.2) is 12.1 Å². The lowest BCUT2D eigenvalue weighted by Crippen LogP contribution is -2.63. The molecule has 0 atom stereocenters. The molecule has 2 aromatic rings. The lowest BCUT2D eigenvalue weighted by Gasteiger charge is -2.48. The smallest absolute Gasteiger partial charge is 0.294 e. The van der Waals surface area contributed by atoms with E-state index < -0.39 is 5.60 Å². The first kappa shape index (κ1) is 13.0. The van der Waals surface area contributed by atoms with Crippen LogP contribution in [0.3, 0.4) is 0 Å². The van der Waals surface area contributed by atoms with Gasteiger partial charge < -0.3 is 10.0 Å². The van der Waals surface area contributed by atoms with Crippen LogP contribution in [0, 0.1) is 23.0 Å². The molecule has 1 aromatic heterocycles. The zero-order valence-corrected chi connectivity index (χ0v) is 12.4. The molecule has 1 aliphatic heterocycles. The Morgan fingerprint density at radius 2 is 2.19 bits per heavy atom. The van der Waals surface area contributed by atoms with Crippen LogP contribution in [0.4, 0.5) is 11.4 Å². The van der Waals surface area contributed by atoms with Gasteiger partial charge in [-0.05, 0) is 31.7 Å². The van der Waals surface area contributed by atoms with Gasteiger partial charge in [0, 0.05) is 19.2 Å². The van der Waals surface area contributed by atoms with Crippen molar-refractivity contribution in [2.45, 2.75) is 25.4 Å². The third-order valence-electron chi connectivity index (χ3n) is 4.40. The summed E-state index contributed by atoms with van der Waals surface area (Å²) in [4.78, 5) is 17.3. The highest BCUT2D eigenvalue weighted by atomic mass is 32.1. The molecule has 7 heteroatoms. The molecule has 1 aromatic carbocycles. The van der Waals surface area contributed by atoms with E-state index in [1.807, 2.05) is 11.8 Å². The van der Waals surface area contributed by atoms with Gasteiger partial charge in [0.15, 0.2) is 0 Å². The minimum atomic E-state index is -0.652.